The van der Waals surface area contributed by atoms with Crippen LogP contribution in [0.4, 0.5) is 11.4 Å². The first-order valence-electron chi connectivity index (χ1n) is 7.61. The van der Waals surface area contributed by atoms with Gasteiger partial charge in [-0.05, 0) is 37.1 Å². The Morgan fingerprint density at radius 1 is 1.10 bits per heavy atom. The van der Waals surface area contributed by atoms with E-state index in [-0.39, 0.29) is 11.8 Å². The molecule has 0 radical (unpaired) electrons. The number of nitrogens with one attached hydrogen (secondary N) is 1. The molecule has 0 bridgehead atoms. The summed E-state index contributed by atoms with van der Waals surface area (Å²) in [5.74, 6) is 0.356. The van der Waals surface area contributed by atoms with E-state index in [1.54, 1.807) is 4.90 Å². The van der Waals surface area contributed by atoms with Crippen molar-refractivity contribution in [2.45, 2.75) is 19.3 Å². The molecule has 1 aromatic rings. The first kappa shape index (κ1) is 13.9. The lowest BCUT2D eigenvalue weighted by atomic mass is 9.85. The predicted molar refractivity (Wildman–Crippen MR) is 82.3 cm³/mol. The third-order valence-electron chi connectivity index (χ3n) is 4.44. The Morgan fingerprint density at radius 2 is 1.76 bits per heavy atom. The minimum absolute atomic E-state index is 0.147. The third kappa shape index (κ3) is 3.17. The van der Waals surface area contributed by atoms with E-state index in [1.165, 1.54) is 6.42 Å². The van der Waals surface area contributed by atoms with Crippen LogP contribution < -0.4 is 10.2 Å². The zero-order chi connectivity index (χ0) is 14.7. The maximum absolute atomic E-state index is 11.9. The van der Waals surface area contributed by atoms with Gasteiger partial charge in [-0.1, -0.05) is 6.42 Å². The van der Waals surface area contributed by atoms with Crippen molar-refractivity contribution in [2.75, 3.05) is 36.4 Å². The number of piperazine rings is 1. The standard InChI is InChI=1S/C16H21N3O2/c20-12-18-8-10-19(11-9-18)15-6-4-14(5-7-15)17-16(21)13-2-1-3-13/h4-7,12-13H,1-3,8-11H2,(H,17,21). The minimum Gasteiger partial charge on any atom is -0.368 e. The molecule has 0 aromatic heterocycles. The largest absolute Gasteiger partial charge is 0.368 e. The van der Waals surface area contributed by atoms with E-state index < -0.39 is 0 Å². The van der Waals surface area contributed by atoms with Crippen LogP contribution in [0.5, 0.6) is 0 Å². The number of hydrogen-bond donors (Lipinski definition) is 1. The van der Waals surface area contributed by atoms with Crippen molar-refractivity contribution >= 4 is 23.7 Å². The highest BCUT2D eigenvalue weighted by Crippen LogP contribution is 2.28. The number of carbonyl (C=O) groups excluding carboxylic acids is 2. The molecule has 0 spiro atoms. The minimum atomic E-state index is 0.147. The lowest BCUT2D eigenvalue weighted by Gasteiger charge is -2.34. The molecule has 2 aliphatic rings. The zero-order valence-electron chi connectivity index (χ0n) is 12.1. The number of carbonyl (C=O) groups is 2. The van der Waals surface area contributed by atoms with Crippen LogP contribution in [0.1, 0.15) is 19.3 Å². The van der Waals surface area contributed by atoms with Gasteiger partial charge < -0.3 is 15.1 Å². The Morgan fingerprint density at radius 3 is 2.29 bits per heavy atom. The number of anilines is 2. The predicted octanol–water partition coefficient (Wildman–Crippen LogP) is 1.70. The molecule has 5 heteroatoms. The van der Waals surface area contributed by atoms with Crippen molar-refractivity contribution in [1.82, 2.24) is 4.90 Å². The van der Waals surface area contributed by atoms with Crippen LogP contribution in [-0.4, -0.2) is 43.4 Å². The molecule has 0 atom stereocenters. The van der Waals surface area contributed by atoms with Crippen LogP contribution >= 0.6 is 0 Å². The van der Waals surface area contributed by atoms with Gasteiger partial charge >= 0.3 is 0 Å². The van der Waals surface area contributed by atoms with Gasteiger partial charge in [0.1, 0.15) is 0 Å². The van der Waals surface area contributed by atoms with Gasteiger partial charge in [-0.15, -0.1) is 0 Å². The van der Waals surface area contributed by atoms with Gasteiger partial charge in [-0.3, -0.25) is 9.59 Å². The SMILES string of the molecule is O=CN1CCN(c2ccc(NC(=O)C3CCC3)cc2)CC1. The summed E-state index contributed by atoms with van der Waals surface area (Å²) in [5.41, 5.74) is 2.00. The smallest absolute Gasteiger partial charge is 0.227 e. The van der Waals surface area contributed by atoms with Crippen molar-refractivity contribution in [3.63, 3.8) is 0 Å². The number of hydrogen-bond acceptors (Lipinski definition) is 3. The van der Waals surface area contributed by atoms with E-state index in [0.29, 0.717) is 0 Å². The number of amides is 2. The molecule has 2 fully saturated rings. The Labute approximate surface area is 124 Å². The molecule has 1 saturated carbocycles. The maximum atomic E-state index is 11.9. The fourth-order valence-electron chi connectivity index (χ4n) is 2.76. The molecule has 3 rings (SSSR count). The summed E-state index contributed by atoms with van der Waals surface area (Å²) in [6, 6.07) is 7.98. The van der Waals surface area contributed by atoms with Gasteiger partial charge in [0.25, 0.3) is 0 Å². The van der Waals surface area contributed by atoms with Crippen molar-refractivity contribution in [3.05, 3.63) is 24.3 Å². The fourth-order valence-corrected chi connectivity index (χ4v) is 2.76. The molecule has 1 aliphatic carbocycles. The van der Waals surface area contributed by atoms with Crippen LogP contribution in [0.2, 0.25) is 0 Å². The van der Waals surface area contributed by atoms with E-state index in [9.17, 15) is 9.59 Å². The van der Waals surface area contributed by atoms with Crippen molar-refractivity contribution in [1.29, 1.82) is 0 Å². The van der Waals surface area contributed by atoms with Gasteiger partial charge in [0.05, 0.1) is 0 Å². The molecule has 1 saturated heterocycles. The summed E-state index contributed by atoms with van der Waals surface area (Å²) in [6.07, 6.45) is 4.12. The Balaban J connectivity index is 1.56. The average molecular weight is 287 g/mol. The van der Waals surface area contributed by atoms with Gasteiger partial charge in [0.15, 0.2) is 0 Å². The summed E-state index contributed by atoms with van der Waals surface area (Å²) in [5, 5.41) is 2.98. The van der Waals surface area contributed by atoms with Crippen LogP contribution in [0.3, 0.4) is 0 Å². The molecule has 112 valence electrons. The van der Waals surface area contributed by atoms with Crippen molar-refractivity contribution in [2.24, 2.45) is 5.92 Å². The van der Waals surface area contributed by atoms with E-state index in [0.717, 1.165) is 56.8 Å². The van der Waals surface area contributed by atoms with Crippen LogP contribution in [0, 0.1) is 5.92 Å². The molecule has 0 unspecified atom stereocenters. The number of rotatable bonds is 4. The van der Waals surface area contributed by atoms with Crippen LogP contribution in [0.15, 0.2) is 24.3 Å². The first-order chi connectivity index (χ1) is 10.3. The monoisotopic (exact) mass is 287 g/mol. The average Bonchev–Trinajstić information content (AvgIpc) is 2.46. The molecule has 21 heavy (non-hydrogen) atoms. The molecule has 5 nitrogen and oxygen atoms in total. The van der Waals surface area contributed by atoms with E-state index in [1.807, 2.05) is 24.3 Å². The van der Waals surface area contributed by atoms with Crippen molar-refractivity contribution < 1.29 is 9.59 Å². The van der Waals surface area contributed by atoms with E-state index in [2.05, 4.69) is 10.2 Å². The van der Waals surface area contributed by atoms with Gasteiger partial charge in [0, 0.05) is 43.5 Å². The van der Waals surface area contributed by atoms with Crippen molar-refractivity contribution in [3.8, 4) is 0 Å². The molecule has 1 N–H and O–H groups in total. The lowest BCUT2D eigenvalue weighted by molar-refractivity contribution is -0.122. The summed E-state index contributed by atoms with van der Waals surface area (Å²) >= 11 is 0. The number of benzene rings is 1. The second-order valence-electron chi connectivity index (χ2n) is 5.79. The third-order valence-corrected chi connectivity index (χ3v) is 4.44. The van der Waals surface area contributed by atoms with Gasteiger partial charge in [-0.2, -0.15) is 0 Å². The highest BCUT2D eigenvalue weighted by molar-refractivity contribution is 5.93. The highest BCUT2D eigenvalue weighted by Gasteiger charge is 2.25. The molecular weight excluding hydrogens is 266 g/mol. The Bertz CT molecular complexity index is 503. The topological polar surface area (TPSA) is 52.7 Å². The van der Waals surface area contributed by atoms with E-state index >= 15 is 0 Å². The highest BCUT2D eigenvalue weighted by atomic mass is 16.2. The Hall–Kier alpha value is -2.04. The molecule has 1 aliphatic heterocycles. The maximum Gasteiger partial charge on any atom is 0.227 e. The van der Waals surface area contributed by atoms with E-state index in [4.69, 9.17) is 0 Å². The quantitative estimate of drug-likeness (QED) is 0.858. The summed E-state index contributed by atoms with van der Waals surface area (Å²) in [6.45, 7) is 3.24. The molecule has 2 amide bonds. The second-order valence-corrected chi connectivity index (χ2v) is 5.79. The fraction of sp³-hybridized carbons (Fsp3) is 0.500. The second kappa shape index (κ2) is 6.16. The molecule has 1 aromatic carbocycles. The normalized spacial score (nSPS) is 19.0. The zero-order valence-corrected chi connectivity index (χ0v) is 12.1. The van der Waals surface area contributed by atoms with Gasteiger partial charge in [-0.25, -0.2) is 0 Å². The Kier molecular flexibility index (Phi) is 4.08. The summed E-state index contributed by atoms with van der Waals surface area (Å²) < 4.78 is 0. The molecular formula is C16H21N3O2. The van der Waals surface area contributed by atoms with Crippen LogP contribution in [-0.2, 0) is 9.59 Å². The molecule has 1 heterocycles. The lowest BCUT2D eigenvalue weighted by Crippen LogP contribution is -2.45. The summed E-state index contributed by atoms with van der Waals surface area (Å²) in [7, 11) is 0. The summed E-state index contributed by atoms with van der Waals surface area (Å²) in [4.78, 5) is 26.6. The van der Waals surface area contributed by atoms with Crippen LogP contribution in [0.25, 0.3) is 0 Å². The van der Waals surface area contributed by atoms with Gasteiger partial charge in [0.2, 0.25) is 12.3 Å². The number of nitrogens with zero attached hydrogens (tertiary/aromatic N) is 2. The first-order valence-corrected chi connectivity index (χ1v) is 7.61.